The number of carbonyl (C=O) groups excluding carboxylic acids is 3. The summed E-state index contributed by atoms with van der Waals surface area (Å²) < 4.78 is 10.5. The minimum atomic E-state index is -0.422. The van der Waals surface area contributed by atoms with Gasteiger partial charge in [-0.3, -0.25) is 9.59 Å². The van der Waals surface area contributed by atoms with Crippen LogP contribution in [0.5, 0.6) is 0 Å². The average molecular weight is 426 g/mol. The minimum Gasteiger partial charge on any atom is -0.462 e. The lowest BCUT2D eigenvalue weighted by molar-refractivity contribution is -0.121. The van der Waals surface area contributed by atoms with Gasteiger partial charge in [0.15, 0.2) is 0 Å². The molecule has 0 unspecified atom stereocenters. The predicted molar refractivity (Wildman–Crippen MR) is 113 cm³/mol. The van der Waals surface area contributed by atoms with Gasteiger partial charge in [-0.1, -0.05) is 13.0 Å². The zero-order valence-electron chi connectivity index (χ0n) is 16.6. The van der Waals surface area contributed by atoms with Gasteiger partial charge in [0.1, 0.15) is 5.70 Å². The first-order chi connectivity index (χ1) is 14.6. The highest BCUT2D eigenvalue weighted by molar-refractivity contribution is 7.11. The molecule has 8 heteroatoms. The number of anilines is 1. The number of imide groups is 1. The van der Waals surface area contributed by atoms with E-state index in [1.54, 1.807) is 24.3 Å². The molecule has 2 amide bonds. The summed E-state index contributed by atoms with van der Waals surface area (Å²) in [5.74, 6) is -1.13. The van der Waals surface area contributed by atoms with Crippen LogP contribution in [0.25, 0.3) is 5.57 Å². The highest BCUT2D eigenvalue weighted by Crippen LogP contribution is 2.36. The van der Waals surface area contributed by atoms with Gasteiger partial charge in [-0.25, -0.2) is 9.69 Å². The second-order valence-corrected chi connectivity index (χ2v) is 7.88. The fourth-order valence-electron chi connectivity index (χ4n) is 3.50. The zero-order chi connectivity index (χ0) is 21.1. The smallest absolute Gasteiger partial charge is 0.338 e. The summed E-state index contributed by atoms with van der Waals surface area (Å²) in [5, 5.41) is 1.89. The molecule has 1 fully saturated rings. The molecule has 1 aromatic carbocycles. The molecule has 0 bridgehead atoms. The molecule has 7 nitrogen and oxygen atoms in total. The van der Waals surface area contributed by atoms with Gasteiger partial charge >= 0.3 is 5.97 Å². The molecule has 156 valence electrons. The second kappa shape index (κ2) is 8.81. The van der Waals surface area contributed by atoms with E-state index in [0.29, 0.717) is 55.4 Å². The van der Waals surface area contributed by atoms with Crippen LogP contribution in [0, 0.1) is 0 Å². The van der Waals surface area contributed by atoms with Crippen LogP contribution in [-0.4, -0.2) is 55.6 Å². The molecular formula is C22H22N2O5S. The van der Waals surface area contributed by atoms with Crippen LogP contribution < -0.4 is 4.90 Å². The molecule has 0 atom stereocenters. The molecule has 0 saturated carbocycles. The van der Waals surface area contributed by atoms with Gasteiger partial charge in [-0.15, -0.1) is 11.3 Å². The molecular weight excluding hydrogens is 404 g/mol. The number of carbonyl (C=O) groups is 3. The molecule has 30 heavy (non-hydrogen) atoms. The van der Waals surface area contributed by atoms with Crippen molar-refractivity contribution in [2.24, 2.45) is 0 Å². The Morgan fingerprint density at radius 2 is 1.83 bits per heavy atom. The highest BCUT2D eigenvalue weighted by Gasteiger charge is 2.43. The third kappa shape index (κ3) is 3.76. The van der Waals surface area contributed by atoms with Crippen LogP contribution >= 0.6 is 11.3 Å². The summed E-state index contributed by atoms with van der Waals surface area (Å²) in [6, 6.07) is 10.1. The Morgan fingerprint density at radius 3 is 2.47 bits per heavy atom. The van der Waals surface area contributed by atoms with Crippen molar-refractivity contribution >= 4 is 40.4 Å². The standard InChI is InChI=1S/C22H22N2O5S/c1-2-11-29-22(27)15-5-7-16(8-6-15)24-20(25)18(17-4-3-14-30-17)19(21(24)26)23-9-12-28-13-10-23/h3-8,14H,2,9-13H2,1H3. The molecule has 2 aromatic rings. The van der Waals surface area contributed by atoms with E-state index < -0.39 is 5.97 Å². The van der Waals surface area contributed by atoms with Crippen LogP contribution in [0.2, 0.25) is 0 Å². The van der Waals surface area contributed by atoms with Crippen LogP contribution in [0.1, 0.15) is 28.6 Å². The van der Waals surface area contributed by atoms with Gasteiger partial charge in [0.25, 0.3) is 11.8 Å². The summed E-state index contributed by atoms with van der Waals surface area (Å²) in [5.41, 5.74) is 1.64. The molecule has 0 radical (unpaired) electrons. The van der Waals surface area contributed by atoms with E-state index >= 15 is 0 Å². The molecule has 4 rings (SSSR count). The predicted octanol–water partition coefficient (Wildman–Crippen LogP) is 2.93. The zero-order valence-corrected chi connectivity index (χ0v) is 17.4. The molecule has 0 N–H and O–H groups in total. The molecule has 1 aromatic heterocycles. The number of ether oxygens (including phenoxy) is 2. The number of benzene rings is 1. The largest absolute Gasteiger partial charge is 0.462 e. The monoisotopic (exact) mass is 426 g/mol. The lowest BCUT2D eigenvalue weighted by Crippen LogP contribution is -2.40. The van der Waals surface area contributed by atoms with Crippen molar-refractivity contribution in [3.8, 4) is 0 Å². The van der Waals surface area contributed by atoms with Crippen molar-refractivity contribution in [2.75, 3.05) is 37.8 Å². The quantitative estimate of drug-likeness (QED) is 0.522. The Balaban J connectivity index is 1.65. The van der Waals surface area contributed by atoms with E-state index in [0.717, 1.165) is 11.3 Å². The van der Waals surface area contributed by atoms with Gasteiger partial charge in [-0.05, 0) is 42.1 Å². The number of thiophene rings is 1. The highest BCUT2D eigenvalue weighted by atomic mass is 32.1. The van der Waals surface area contributed by atoms with E-state index in [9.17, 15) is 14.4 Å². The number of hydrogen-bond donors (Lipinski definition) is 0. The van der Waals surface area contributed by atoms with Crippen LogP contribution in [0.15, 0.2) is 47.5 Å². The third-order valence-electron chi connectivity index (χ3n) is 4.95. The van der Waals surface area contributed by atoms with Crippen molar-refractivity contribution in [3.63, 3.8) is 0 Å². The van der Waals surface area contributed by atoms with E-state index in [1.165, 1.54) is 16.2 Å². The molecule has 3 heterocycles. The van der Waals surface area contributed by atoms with E-state index in [-0.39, 0.29) is 11.8 Å². The Labute approximate surface area is 178 Å². The van der Waals surface area contributed by atoms with Gasteiger partial charge in [-0.2, -0.15) is 0 Å². The first-order valence-electron chi connectivity index (χ1n) is 9.88. The fraction of sp³-hybridized carbons (Fsp3) is 0.318. The topological polar surface area (TPSA) is 76.2 Å². The van der Waals surface area contributed by atoms with Crippen LogP contribution in [0.3, 0.4) is 0 Å². The normalized spacial score (nSPS) is 17.1. The number of esters is 1. The maximum atomic E-state index is 13.4. The lowest BCUT2D eigenvalue weighted by Gasteiger charge is -2.29. The number of hydrogen-bond acceptors (Lipinski definition) is 7. The minimum absolute atomic E-state index is 0.348. The van der Waals surface area contributed by atoms with Gasteiger partial charge in [0, 0.05) is 18.0 Å². The maximum Gasteiger partial charge on any atom is 0.338 e. The maximum absolute atomic E-state index is 13.4. The van der Waals surface area contributed by atoms with Crippen molar-refractivity contribution in [1.29, 1.82) is 0 Å². The average Bonchev–Trinajstić information content (AvgIpc) is 3.39. The Kier molecular flexibility index (Phi) is 5.96. The molecule has 0 aliphatic carbocycles. The molecule has 0 spiro atoms. The molecule has 1 saturated heterocycles. The first kappa shape index (κ1) is 20.3. The Hall–Kier alpha value is -2.97. The van der Waals surface area contributed by atoms with Crippen molar-refractivity contribution in [2.45, 2.75) is 13.3 Å². The molecule has 2 aliphatic heterocycles. The number of amides is 2. The lowest BCUT2D eigenvalue weighted by atomic mass is 10.1. The van der Waals surface area contributed by atoms with E-state index in [2.05, 4.69) is 0 Å². The summed E-state index contributed by atoms with van der Waals surface area (Å²) in [4.78, 5) is 42.6. The first-order valence-corrected chi connectivity index (χ1v) is 10.8. The van der Waals surface area contributed by atoms with Crippen LogP contribution in [-0.2, 0) is 19.1 Å². The van der Waals surface area contributed by atoms with Crippen molar-refractivity contribution in [1.82, 2.24) is 4.90 Å². The summed E-state index contributed by atoms with van der Waals surface area (Å²) in [7, 11) is 0. The summed E-state index contributed by atoms with van der Waals surface area (Å²) >= 11 is 1.43. The number of nitrogens with zero attached hydrogens (tertiary/aromatic N) is 2. The Bertz CT molecular complexity index is 975. The van der Waals surface area contributed by atoms with Gasteiger partial charge in [0.2, 0.25) is 0 Å². The van der Waals surface area contributed by atoms with Crippen molar-refractivity contribution < 1.29 is 23.9 Å². The second-order valence-electron chi connectivity index (χ2n) is 6.93. The van der Waals surface area contributed by atoms with Gasteiger partial charge < -0.3 is 14.4 Å². The van der Waals surface area contributed by atoms with E-state index in [1.807, 2.05) is 29.3 Å². The summed E-state index contributed by atoms with van der Waals surface area (Å²) in [6.45, 7) is 4.40. The van der Waals surface area contributed by atoms with Gasteiger partial charge in [0.05, 0.1) is 36.6 Å². The van der Waals surface area contributed by atoms with E-state index in [4.69, 9.17) is 9.47 Å². The van der Waals surface area contributed by atoms with Crippen molar-refractivity contribution in [3.05, 3.63) is 57.9 Å². The Morgan fingerprint density at radius 1 is 1.10 bits per heavy atom. The number of morpholine rings is 1. The van der Waals surface area contributed by atoms with Crippen LogP contribution in [0.4, 0.5) is 5.69 Å². The third-order valence-corrected chi connectivity index (χ3v) is 5.84. The number of rotatable bonds is 6. The summed E-state index contributed by atoms with van der Waals surface area (Å²) in [6.07, 6.45) is 0.738. The SMILES string of the molecule is CCCOC(=O)c1ccc(N2C(=O)C(c3cccs3)=C(N3CCOCC3)C2=O)cc1. The molecule has 2 aliphatic rings. The fourth-order valence-corrected chi connectivity index (χ4v) is 4.26.